The van der Waals surface area contributed by atoms with Crippen molar-refractivity contribution in [1.82, 2.24) is 15.1 Å². The van der Waals surface area contributed by atoms with Crippen molar-refractivity contribution in [1.29, 1.82) is 5.26 Å². The third kappa shape index (κ3) is 3.69. The number of H-pyrrole nitrogens is 1. The molecular formula is C20H26N4O. The van der Waals surface area contributed by atoms with Crippen LogP contribution in [-0.4, -0.2) is 28.8 Å². The Labute approximate surface area is 149 Å². The maximum Gasteiger partial charge on any atom is 0.136 e. The lowest BCUT2D eigenvalue weighted by Crippen LogP contribution is -2.29. The summed E-state index contributed by atoms with van der Waals surface area (Å²) >= 11 is 0. The van der Waals surface area contributed by atoms with Gasteiger partial charge in [0.25, 0.3) is 0 Å². The highest BCUT2D eigenvalue weighted by Gasteiger charge is 2.27. The molecule has 0 unspecified atom stereocenters. The predicted molar refractivity (Wildman–Crippen MR) is 97.4 cm³/mol. The van der Waals surface area contributed by atoms with Gasteiger partial charge in [0.05, 0.1) is 18.4 Å². The topological polar surface area (TPSA) is 64.9 Å². The average Bonchev–Trinajstić information content (AvgIpc) is 2.82. The van der Waals surface area contributed by atoms with Gasteiger partial charge < -0.3 is 4.74 Å². The van der Waals surface area contributed by atoms with E-state index in [0.717, 1.165) is 30.8 Å². The molecule has 1 aliphatic heterocycles. The number of nitrogens with zero attached hydrogens (tertiary/aromatic N) is 3. The monoisotopic (exact) mass is 338 g/mol. The third-order valence-electron chi connectivity index (χ3n) is 5.15. The van der Waals surface area contributed by atoms with Crippen molar-refractivity contribution in [2.75, 3.05) is 13.7 Å². The summed E-state index contributed by atoms with van der Waals surface area (Å²) in [4.78, 5) is 2.54. The zero-order chi connectivity index (χ0) is 17.8. The second-order valence-corrected chi connectivity index (χ2v) is 6.83. The van der Waals surface area contributed by atoms with E-state index in [9.17, 15) is 5.26 Å². The lowest BCUT2D eigenvalue weighted by molar-refractivity contribution is 0.191. The maximum absolute atomic E-state index is 9.34. The van der Waals surface area contributed by atoms with Gasteiger partial charge >= 0.3 is 0 Å². The molecule has 0 amide bonds. The SMILES string of the molecule is COc1ccc(CN2CCCCC[C@H]2c2c(C)n[nH]c2C)cc1C#N. The summed E-state index contributed by atoms with van der Waals surface area (Å²) in [7, 11) is 1.60. The van der Waals surface area contributed by atoms with Crippen molar-refractivity contribution in [2.24, 2.45) is 0 Å². The Bertz CT molecular complexity index is 755. The van der Waals surface area contributed by atoms with Gasteiger partial charge in [-0.1, -0.05) is 18.9 Å². The number of benzene rings is 1. The van der Waals surface area contributed by atoms with E-state index < -0.39 is 0 Å². The Morgan fingerprint density at radius 1 is 1.32 bits per heavy atom. The Hall–Kier alpha value is -2.32. The van der Waals surface area contributed by atoms with E-state index in [1.54, 1.807) is 7.11 Å². The first kappa shape index (κ1) is 17.5. The van der Waals surface area contributed by atoms with Crippen LogP contribution in [0.1, 0.15) is 59.8 Å². The highest BCUT2D eigenvalue weighted by atomic mass is 16.5. The van der Waals surface area contributed by atoms with E-state index in [2.05, 4.69) is 41.1 Å². The van der Waals surface area contributed by atoms with E-state index >= 15 is 0 Å². The average molecular weight is 338 g/mol. The fourth-order valence-electron chi connectivity index (χ4n) is 3.91. The van der Waals surface area contributed by atoms with Crippen LogP contribution in [-0.2, 0) is 6.54 Å². The first-order chi connectivity index (χ1) is 12.1. The molecule has 2 aromatic rings. The fraction of sp³-hybridized carbons (Fsp3) is 0.500. The lowest BCUT2D eigenvalue weighted by atomic mass is 9.98. The first-order valence-corrected chi connectivity index (χ1v) is 8.96. The fourth-order valence-corrected chi connectivity index (χ4v) is 3.91. The molecule has 2 heterocycles. The first-order valence-electron chi connectivity index (χ1n) is 8.96. The molecule has 1 saturated heterocycles. The number of hydrogen-bond acceptors (Lipinski definition) is 4. The Morgan fingerprint density at radius 2 is 2.16 bits per heavy atom. The van der Waals surface area contributed by atoms with E-state index in [-0.39, 0.29) is 0 Å². The molecule has 1 aliphatic rings. The highest BCUT2D eigenvalue weighted by molar-refractivity contribution is 5.45. The van der Waals surface area contributed by atoms with Crippen LogP contribution in [0.4, 0.5) is 0 Å². The summed E-state index contributed by atoms with van der Waals surface area (Å²) in [6.45, 7) is 6.11. The molecule has 1 atom stereocenters. The largest absolute Gasteiger partial charge is 0.495 e. The number of hydrogen-bond donors (Lipinski definition) is 1. The van der Waals surface area contributed by atoms with Gasteiger partial charge in [-0.25, -0.2) is 0 Å². The molecule has 0 spiro atoms. The van der Waals surface area contributed by atoms with Gasteiger partial charge in [0, 0.05) is 23.8 Å². The highest BCUT2D eigenvalue weighted by Crippen LogP contribution is 2.34. The van der Waals surface area contributed by atoms with Gasteiger partial charge in [-0.3, -0.25) is 10.00 Å². The van der Waals surface area contributed by atoms with Crippen LogP contribution in [0.2, 0.25) is 0 Å². The minimum atomic E-state index is 0.383. The zero-order valence-electron chi connectivity index (χ0n) is 15.3. The van der Waals surface area contributed by atoms with Crippen molar-refractivity contribution in [3.05, 3.63) is 46.3 Å². The zero-order valence-corrected chi connectivity index (χ0v) is 15.3. The van der Waals surface area contributed by atoms with Gasteiger partial charge in [0.2, 0.25) is 0 Å². The third-order valence-corrected chi connectivity index (χ3v) is 5.15. The van der Waals surface area contributed by atoms with Crippen LogP contribution in [0.15, 0.2) is 18.2 Å². The molecule has 1 aromatic heterocycles. The number of nitriles is 1. The summed E-state index contributed by atoms with van der Waals surface area (Å²) in [5, 5.41) is 16.9. The summed E-state index contributed by atoms with van der Waals surface area (Å²) in [6, 6.07) is 8.54. The van der Waals surface area contributed by atoms with Crippen LogP contribution >= 0.6 is 0 Å². The van der Waals surface area contributed by atoms with Crippen LogP contribution in [0.5, 0.6) is 5.75 Å². The van der Waals surface area contributed by atoms with E-state index in [0.29, 0.717) is 17.4 Å². The second-order valence-electron chi connectivity index (χ2n) is 6.83. The molecule has 1 fully saturated rings. The second kappa shape index (κ2) is 7.71. The van der Waals surface area contributed by atoms with Crippen LogP contribution in [0.25, 0.3) is 0 Å². The molecule has 0 saturated carbocycles. The standard InChI is InChI=1S/C20H26N4O/c1-14-20(15(2)23-22-14)18-7-5-4-6-10-24(18)13-16-8-9-19(25-3)17(11-16)12-21/h8-9,11,18H,4-7,10,13H2,1-3H3,(H,22,23)/t18-/m0/s1. The number of aromatic amines is 1. The Balaban J connectivity index is 1.89. The van der Waals surface area contributed by atoms with Crippen molar-refractivity contribution in [3.63, 3.8) is 0 Å². The van der Waals surface area contributed by atoms with Gasteiger partial charge in [-0.05, 0) is 50.9 Å². The van der Waals surface area contributed by atoms with Crippen molar-refractivity contribution < 1.29 is 4.74 Å². The molecule has 3 rings (SSSR count). The number of likely N-dealkylation sites (tertiary alicyclic amines) is 1. The molecule has 1 N–H and O–H groups in total. The number of rotatable bonds is 4. The number of aromatic nitrogens is 2. The van der Waals surface area contributed by atoms with Crippen molar-refractivity contribution >= 4 is 0 Å². The number of methoxy groups -OCH3 is 1. The van der Waals surface area contributed by atoms with Crippen molar-refractivity contribution in [3.8, 4) is 11.8 Å². The normalized spacial score (nSPS) is 18.6. The lowest BCUT2D eigenvalue weighted by Gasteiger charge is -2.30. The molecule has 0 bridgehead atoms. The van der Waals surface area contributed by atoms with E-state index in [1.807, 2.05) is 12.1 Å². The minimum Gasteiger partial charge on any atom is -0.495 e. The van der Waals surface area contributed by atoms with E-state index in [1.165, 1.54) is 30.5 Å². The molecule has 1 aromatic carbocycles. The van der Waals surface area contributed by atoms with Gasteiger partial charge in [0.15, 0.2) is 0 Å². The molecule has 5 heteroatoms. The molecule has 5 nitrogen and oxygen atoms in total. The van der Waals surface area contributed by atoms with E-state index in [4.69, 9.17) is 4.74 Å². The summed E-state index contributed by atoms with van der Waals surface area (Å²) in [6.07, 6.45) is 4.89. The smallest absolute Gasteiger partial charge is 0.136 e. The Kier molecular flexibility index (Phi) is 5.40. The summed E-state index contributed by atoms with van der Waals surface area (Å²) < 4.78 is 5.26. The maximum atomic E-state index is 9.34. The molecular weight excluding hydrogens is 312 g/mol. The summed E-state index contributed by atoms with van der Waals surface area (Å²) in [5.41, 5.74) is 5.37. The molecule has 0 aliphatic carbocycles. The van der Waals surface area contributed by atoms with Gasteiger partial charge in [0.1, 0.15) is 11.8 Å². The van der Waals surface area contributed by atoms with Crippen LogP contribution in [0.3, 0.4) is 0 Å². The quantitative estimate of drug-likeness (QED) is 0.914. The minimum absolute atomic E-state index is 0.383. The van der Waals surface area contributed by atoms with Gasteiger partial charge in [-0.15, -0.1) is 0 Å². The molecule has 0 radical (unpaired) electrons. The Morgan fingerprint density at radius 3 is 2.84 bits per heavy atom. The van der Waals surface area contributed by atoms with Crippen LogP contribution < -0.4 is 4.74 Å². The number of aryl methyl sites for hydroxylation is 2. The van der Waals surface area contributed by atoms with Gasteiger partial charge in [-0.2, -0.15) is 10.4 Å². The van der Waals surface area contributed by atoms with Crippen molar-refractivity contribution in [2.45, 2.75) is 52.1 Å². The van der Waals surface area contributed by atoms with Crippen LogP contribution in [0, 0.1) is 25.2 Å². The molecule has 25 heavy (non-hydrogen) atoms. The number of nitrogens with one attached hydrogen (secondary N) is 1. The number of ether oxygens (including phenoxy) is 1. The summed E-state index contributed by atoms with van der Waals surface area (Å²) in [5.74, 6) is 0.639. The molecule has 132 valence electrons. The predicted octanol–water partition coefficient (Wildman–Crippen LogP) is 4.02.